The lowest BCUT2D eigenvalue weighted by atomic mass is 10.2. The van der Waals surface area contributed by atoms with Crippen LogP contribution >= 0.6 is 0 Å². The van der Waals surface area contributed by atoms with E-state index in [9.17, 15) is 14.0 Å². The Morgan fingerprint density at radius 2 is 2.00 bits per heavy atom. The first kappa shape index (κ1) is 13.2. The van der Waals surface area contributed by atoms with Crippen LogP contribution in [0.4, 0.5) is 10.1 Å². The van der Waals surface area contributed by atoms with E-state index in [0.29, 0.717) is 0 Å². The number of amides is 1. The summed E-state index contributed by atoms with van der Waals surface area (Å²) in [6, 6.07) is 5.85. The Balaban J connectivity index is 2.40. The van der Waals surface area contributed by atoms with Crippen LogP contribution in [-0.4, -0.2) is 18.5 Å². The number of para-hydroxylation sites is 1. The van der Waals surface area contributed by atoms with Gasteiger partial charge in [-0.3, -0.25) is 9.59 Å². The zero-order chi connectivity index (χ0) is 12.7. The second kappa shape index (κ2) is 6.62. The van der Waals surface area contributed by atoms with E-state index in [0.717, 1.165) is 0 Å². The molecule has 1 aromatic carbocycles. The third kappa shape index (κ3) is 4.63. The van der Waals surface area contributed by atoms with Gasteiger partial charge in [0.1, 0.15) is 5.82 Å². The summed E-state index contributed by atoms with van der Waals surface area (Å²) in [7, 11) is 0. The predicted octanol–water partition coefficient (Wildman–Crippen LogP) is 2.11. The molecule has 0 fully saturated rings. The highest BCUT2D eigenvalue weighted by Gasteiger charge is 2.09. The van der Waals surface area contributed by atoms with Crippen LogP contribution in [0.2, 0.25) is 0 Å². The highest BCUT2D eigenvalue weighted by atomic mass is 19.1. The molecule has 0 unspecified atom stereocenters. The second-order valence-corrected chi connectivity index (χ2v) is 3.33. The summed E-state index contributed by atoms with van der Waals surface area (Å²) in [5.41, 5.74) is 0.112. The van der Waals surface area contributed by atoms with Crippen LogP contribution in [-0.2, 0) is 14.3 Å². The molecule has 0 saturated heterocycles. The third-order valence-corrected chi connectivity index (χ3v) is 2.01. The monoisotopic (exact) mass is 239 g/mol. The summed E-state index contributed by atoms with van der Waals surface area (Å²) in [6.07, 6.45) is -0.0265. The van der Waals surface area contributed by atoms with Gasteiger partial charge in [0.05, 0.1) is 18.7 Å². The number of ether oxygens (including phenoxy) is 1. The van der Waals surface area contributed by atoms with E-state index in [4.69, 9.17) is 0 Å². The van der Waals surface area contributed by atoms with Crippen LogP contribution in [0.3, 0.4) is 0 Å². The number of esters is 1. The molecular weight excluding hydrogens is 225 g/mol. The maximum atomic E-state index is 13.2. The molecule has 0 bridgehead atoms. The van der Waals surface area contributed by atoms with Gasteiger partial charge in [0.15, 0.2) is 0 Å². The highest BCUT2D eigenvalue weighted by Crippen LogP contribution is 2.12. The van der Waals surface area contributed by atoms with Crippen LogP contribution in [0.1, 0.15) is 19.8 Å². The molecule has 1 rings (SSSR count). The number of carbonyl (C=O) groups is 2. The summed E-state index contributed by atoms with van der Waals surface area (Å²) in [4.78, 5) is 22.4. The molecule has 1 N–H and O–H groups in total. The first-order chi connectivity index (χ1) is 8.13. The topological polar surface area (TPSA) is 55.4 Å². The molecule has 0 aliphatic heterocycles. The molecule has 0 aliphatic carbocycles. The number of nitrogens with one attached hydrogen (secondary N) is 1. The number of carbonyl (C=O) groups excluding carboxylic acids is 2. The zero-order valence-electron chi connectivity index (χ0n) is 9.53. The lowest BCUT2D eigenvalue weighted by Gasteiger charge is -2.05. The molecule has 1 amide bonds. The summed E-state index contributed by atoms with van der Waals surface area (Å²) in [5, 5.41) is 2.39. The minimum absolute atomic E-state index is 0.00583. The van der Waals surface area contributed by atoms with Crippen LogP contribution in [0.15, 0.2) is 24.3 Å². The summed E-state index contributed by atoms with van der Waals surface area (Å²) >= 11 is 0. The van der Waals surface area contributed by atoms with Gasteiger partial charge in [0, 0.05) is 6.42 Å². The molecule has 0 spiro atoms. The average molecular weight is 239 g/mol. The van der Waals surface area contributed by atoms with Gasteiger partial charge in [0.25, 0.3) is 0 Å². The van der Waals surface area contributed by atoms with Crippen molar-refractivity contribution in [1.29, 1.82) is 0 Å². The van der Waals surface area contributed by atoms with Gasteiger partial charge in [-0.2, -0.15) is 0 Å². The van der Waals surface area contributed by atoms with E-state index < -0.39 is 17.7 Å². The molecule has 0 atom stereocenters. The molecule has 1 aromatic rings. The van der Waals surface area contributed by atoms with Crippen LogP contribution in [0.5, 0.6) is 0 Å². The smallest absolute Gasteiger partial charge is 0.306 e. The lowest BCUT2D eigenvalue weighted by Crippen LogP contribution is -2.15. The SMILES string of the molecule is CCOC(=O)CCC(=O)Nc1ccccc1F. The van der Waals surface area contributed by atoms with Crippen molar-refractivity contribution in [2.75, 3.05) is 11.9 Å². The van der Waals surface area contributed by atoms with Crippen LogP contribution < -0.4 is 5.32 Å². The van der Waals surface area contributed by atoms with Crippen molar-refractivity contribution in [2.45, 2.75) is 19.8 Å². The molecule has 0 radical (unpaired) electrons. The normalized spacial score (nSPS) is 9.76. The molecule has 92 valence electrons. The zero-order valence-corrected chi connectivity index (χ0v) is 9.53. The average Bonchev–Trinajstić information content (AvgIpc) is 2.30. The van der Waals surface area contributed by atoms with Gasteiger partial charge in [-0.05, 0) is 19.1 Å². The maximum Gasteiger partial charge on any atom is 0.306 e. The van der Waals surface area contributed by atoms with Crippen LogP contribution in [0, 0.1) is 5.82 Å². The Hall–Kier alpha value is -1.91. The van der Waals surface area contributed by atoms with Crippen molar-refractivity contribution in [2.24, 2.45) is 0 Å². The number of benzene rings is 1. The predicted molar refractivity (Wildman–Crippen MR) is 60.9 cm³/mol. The fourth-order valence-electron chi connectivity index (χ4n) is 1.22. The number of hydrogen-bond donors (Lipinski definition) is 1. The number of rotatable bonds is 5. The fraction of sp³-hybridized carbons (Fsp3) is 0.333. The molecule has 0 saturated carbocycles. The van der Waals surface area contributed by atoms with Gasteiger partial charge >= 0.3 is 5.97 Å². The molecule has 0 aliphatic rings. The van der Waals surface area contributed by atoms with E-state index in [2.05, 4.69) is 10.1 Å². The Kier molecular flexibility index (Phi) is 5.13. The molecule has 0 heterocycles. The van der Waals surface area contributed by atoms with Crippen molar-refractivity contribution in [3.05, 3.63) is 30.1 Å². The largest absolute Gasteiger partial charge is 0.466 e. The van der Waals surface area contributed by atoms with Gasteiger partial charge in [0.2, 0.25) is 5.91 Å². The Morgan fingerprint density at radius 3 is 2.65 bits per heavy atom. The Morgan fingerprint density at radius 1 is 1.29 bits per heavy atom. The molecule has 17 heavy (non-hydrogen) atoms. The van der Waals surface area contributed by atoms with Crippen molar-refractivity contribution in [3.63, 3.8) is 0 Å². The quantitative estimate of drug-likeness (QED) is 0.800. The van der Waals surface area contributed by atoms with Gasteiger partial charge < -0.3 is 10.1 Å². The first-order valence-corrected chi connectivity index (χ1v) is 5.33. The standard InChI is InChI=1S/C12H14FNO3/c1-2-17-12(16)8-7-11(15)14-10-6-4-3-5-9(10)13/h3-6H,2,7-8H2,1H3,(H,14,15). The first-order valence-electron chi connectivity index (χ1n) is 5.33. The van der Waals surface area contributed by atoms with Gasteiger partial charge in [-0.1, -0.05) is 12.1 Å². The molecule has 5 heteroatoms. The van der Waals surface area contributed by atoms with Crippen molar-refractivity contribution < 1.29 is 18.7 Å². The van der Waals surface area contributed by atoms with Gasteiger partial charge in [-0.15, -0.1) is 0 Å². The summed E-state index contributed by atoms with van der Waals surface area (Å²) < 4.78 is 17.8. The van der Waals surface area contributed by atoms with E-state index in [1.807, 2.05) is 0 Å². The second-order valence-electron chi connectivity index (χ2n) is 3.33. The van der Waals surface area contributed by atoms with E-state index in [1.165, 1.54) is 18.2 Å². The minimum Gasteiger partial charge on any atom is -0.466 e. The molecule has 0 aromatic heterocycles. The fourth-order valence-corrected chi connectivity index (χ4v) is 1.22. The Labute approximate surface area is 98.8 Å². The Bertz CT molecular complexity index is 406. The summed E-state index contributed by atoms with van der Waals surface area (Å²) in [5.74, 6) is -1.35. The number of hydrogen-bond acceptors (Lipinski definition) is 3. The van der Waals surface area contributed by atoms with Crippen molar-refractivity contribution in [1.82, 2.24) is 0 Å². The van der Waals surface area contributed by atoms with E-state index in [1.54, 1.807) is 13.0 Å². The van der Waals surface area contributed by atoms with Crippen LogP contribution in [0.25, 0.3) is 0 Å². The molecular formula is C12H14FNO3. The summed E-state index contributed by atoms with van der Waals surface area (Å²) in [6.45, 7) is 1.98. The van der Waals surface area contributed by atoms with Crippen molar-refractivity contribution in [3.8, 4) is 0 Å². The van der Waals surface area contributed by atoms with Crippen molar-refractivity contribution >= 4 is 17.6 Å². The lowest BCUT2D eigenvalue weighted by molar-refractivity contribution is -0.144. The maximum absolute atomic E-state index is 13.2. The minimum atomic E-state index is -0.503. The third-order valence-electron chi connectivity index (χ3n) is 2.01. The highest BCUT2D eigenvalue weighted by molar-refractivity contribution is 5.92. The van der Waals surface area contributed by atoms with E-state index in [-0.39, 0.29) is 25.1 Å². The number of anilines is 1. The molecule has 4 nitrogen and oxygen atoms in total. The number of halogens is 1. The van der Waals surface area contributed by atoms with Gasteiger partial charge in [-0.25, -0.2) is 4.39 Å². The van der Waals surface area contributed by atoms with E-state index >= 15 is 0 Å².